The Labute approximate surface area is 128 Å². The summed E-state index contributed by atoms with van der Waals surface area (Å²) in [6.07, 6.45) is 1.60. The summed E-state index contributed by atoms with van der Waals surface area (Å²) in [6.45, 7) is 0. The first-order valence-corrected chi connectivity index (χ1v) is 7.09. The van der Waals surface area contributed by atoms with E-state index in [-0.39, 0.29) is 5.91 Å². The number of nitrogens with one attached hydrogen (secondary N) is 1. The fraction of sp³-hybridized carbons (Fsp3) is 0. The Balaban J connectivity index is 2.06. The number of hydrazone groups is 1. The van der Waals surface area contributed by atoms with Crippen LogP contribution in [-0.4, -0.2) is 12.1 Å². The van der Waals surface area contributed by atoms with Crippen molar-refractivity contribution in [3.05, 3.63) is 68.6 Å². The van der Waals surface area contributed by atoms with E-state index < -0.39 is 0 Å². The molecule has 1 N–H and O–H groups in total. The second-order valence-electron chi connectivity index (χ2n) is 3.70. The highest BCUT2D eigenvalue weighted by Gasteiger charge is 2.07. The molecule has 0 unspecified atom stereocenters. The van der Waals surface area contributed by atoms with Gasteiger partial charge in [-0.25, -0.2) is 5.43 Å². The summed E-state index contributed by atoms with van der Waals surface area (Å²) in [7, 11) is 0. The van der Waals surface area contributed by atoms with E-state index in [4.69, 9.17) is 0 Å². The van der Waals surface area contributed by atoms with Gasteiger partial charge in [-0.1, -0.05) is 46.3 Å². The monoisotopic (exact) mass is 380 g/mol. The van der Waals surface area contributed by atoms with Crippen LogP contribution in [-0.2, 0) is 0 Å². The van der Waals surface area contributed by atoms with E-state index in [1.54, 1.807) is 18.3 Å². The standard InChI is InChI=1S/C14H10Br2N2O/c15-12-7-3-1-5-10(12)9-17-18-14(19)11-6-2-4-8-13(11)16/h1-9H,(H,18,19)/b17-9-. The largest absolute Gasteiger partial charge is 0.272 e. The van der Waals surface area contributed by atoms with Crippen molar-refractivity contribution in [3.8, 4) is 0 Å². The summed E-state index contributed by atoms with van der Waals surface area (Å²) >= 11 is 6.73. The molecule has 0 bridgehead atoms. The van der Waals surface area contributed by atoms with Crippen molar-refractivity contribution < 1.29 is 4.79 Å². The Morgan fingerprint density at radius 3 is 2.32 bits per heavy atom. The number of benzene rings is 2. The molecule has 19 heavy (non-hydrogen) atoms. The molecule has 2 rings (SSSR count). The third kappa shape index (κ3) is 3.75. The Bertz CT molecular complexity index is 626. The summed E-state index contributed by atoms with van der Waals surface area (Å²) in [4.78, 5) is 11.9. The second kappa shape index (κ2) is 6.63. The molecular formula is C14H10Br2N2O. The zero-order valence-corrected chi connectivity index (χ0v) is 13.0. The van der Waals surface area contributed by atoms with Crippen LogP contribution in [0.4, 0.5) is 0 Å². The van der Waals surface area contributed by atoms with Crippen molar-refractivity contribution in [1.29, 1.82) is 0 Å². The van der Waals surface area contributed by atoms with E-state index in [1.165, 1.54) is 0 Å². The quantitative estimate of drug-likeness (QED) is 0.634. The molecular weight excluding hydrogens is 372 g/mol. The second-order valence-corrected chi connectivity index (χ2v) is 5.41. The molecule has 2 aromatic rings. The van der Waals surface area contributed by atoms with Crippen LogP contribution in [0.25, 0.3) is 0 Å². The zero-order chi connectivity index (χ0) is 13.7. The Morgan fingerprint density at radius 2 is 1.63 bits per heavy atom. The topological polar surface area (TPSA) is 41.5 Å². The van der Waals surface area contributed by atoms with Gasteiger partial charge < -0.3 is 0 Å². The molecule has 0 atom stereocenters. The molecule has 0 fully saturated rings. The first-order chi connectivity index (χ1) is 9.18. The Morgan fingerprint density at radius 1 is 1.00 bits per heavy atom. The van der Waals surface area contributed by atoms with Gasteiger partial charge in [0, 0.05) is 14.5 Å². The van der Waals surface area contributed by atoms with E-state index in [0.29, 0.717) is 5.56 Å². The van der Waals surface area contributed by atoms with Gasteiger partial charge in [-0.2, -0.15) is 5.10 Å². The maximum atomic E-state index is 11.9. The molecule has 2 aromatic carbocycles. The van der Waals surface area contributed by atoms with Gasteiger partial charge in [-0.3, -0.25) is 4.79 Å². The SMILES string of the molecule is O=C(N/N=C\c1ccccc1Br)c1ccccc1Br. The number of carbonyl (C=O) groups is 1. The molecule has 0 spiro atoms. The molecule has 0 aliphatic carbocycles. The molecule has 1 amide bonds. The first-order valence-electron chi connectivity index (χ1n) is 5.51. The van der Waals surface area contributed by atoms with Crippen LogP contribution < -0.4 is 5.43 Å². The van der Waals surface area contributed by atoms with Crippen molar-refractivity contribution in [2.45, 2.75) is 0 Å². The highest BCUT2D eigenvalue weighted by Crippen LogP contribution is 2.15. The van der Waals surface area contributed by atoms with E-state index in [2.05, 4.69) is 42.4 Å². The minimum Gasteiger partial charge on any atom is -0.267 e. The maximum absolute atomic E-state index is 11.9. The van der Waals surface area contributed by atoms with Crippen molar-refractivity contribution in [2.24, 2.45) is 5.10 Å². The number of hydrogen-bond donors (Lipinski definition) is 1. The third-order valence-corrected chi connectivity index (χ3v) is 3.81. The summed E-state index contributed by atoms with van der Waals surface area (Å²) < 4.78 is 1.66. The smallest absolute Gasteiger partial charge is 0.267 e. The van der Waals surface area contributed by atoms with E-state index >= 15 is 0 Å². The van der Waals surface area contributed by atoms with E-state index in [1.807, 2.05) is 36.4 Å². The molecule has 0 radical (unpaired) electrons. The van der Waals surface area contributed by atoms with Crippen molar-refractivity contribution >= 4 is 44.0 Å². The molecule has 96 valence electrons. The number of rotatable bonds is 3. The summed E-state index contributed by atoms with van der Waals surface area (Å²) in [5, 5.41) is 3.94. The highest BCUT2D eigenvalue weighted by atomic mass is 79.9. The lowest BCUT2D eigenvalue weighted by Crippen LogP contribution is -2.18. The van der Waals surface area contributed by atoms with Crippen LogP contribution in [0.3, 0.4) is 0 Å². The summed E-state index contributed by atoms with van der Waals surface area (Å²) in [5.74, 6) is -0.254. The van der Waals surface area contributed by atoms with Crippen molar-refractivity contribution in [1.82, 2.24) is 5.43 Å². The molecule has 0 aromatic heterocycles. The van der Waals surface area contributed by atoms with Gasteiger partial charge in [0.1, 0.15) is 0 Å². The zero-order valence-electron chi connectivity index (χ0n) is 9.81. The fourth-order valence-corrected chi connectivity index (χ4v) is 2.30. The maximum Gasteiger partial charge on any atom is 0.272 e. The number of nitrogens with zero attached hydrogens (tertiary/aromatic N) is 1. The van der Waals surface area contributed by atoms with Crippen LogP contribution >= 0.6 is 31.9 Å². The number of carbonyl (C=O) groups excluding carboxylic acids is 1. The summed E-state index contributed by atoms with van der Waals surface area (Å²) in [6, 6.07) is 14.8. The van der Waals surface area contributed by atoms with Crippen LogP contribution in [0.2, 0.25) is 0 Å². The molecule has 0 aliphatic rings. The van der Waals surface area contributed by atoms with Crippen molar-refractivity contribution in [2.75, 3.05) is 0 Å². The molecule has 0 saturated carbocycles. The van der Waals surface area contributed by atoms with Gasteiger partial charge in [0.05, 0.1) is 11.8 Å². The van der Waals surface area contributed by atoms with Crippen LogP contribution in [0, 0.1) is 0 Å². The Kier molecular flexibility index (Phi) is 4.87. The fourth-order valence-electron chi connectivity index (χ4n) is 1.45. The predicted octanol–water partition coefficient (Wildman–Crippen LogP) is 3.98. The Hall–Kier alpha value is -1.46. The predicted molar refractivity (Wildman–Crippen MR) is 83.3 cm³/mol. The van der Waals surface area contributed by atoms with E-state index in [0.717, 1.165) is 14.5 Å². The van der Waals surface area contributed by atoms with Gasteiger partial charge >= 0.3 is 0 Å². The normalized spacial score (nSPS) is 10.6. The highest BCUT2D eigenvalue weighted by molar-refractivity contribution is 9.10. The van der Waals surface area contributed by atoms with Gasteiger partial charge in [-0.15, -0.1) is 0 Å². The van der Waals surface area contributed by atoms with Gasteiger partial charge in [0.15, 0.2) is 0 Å². The minimum atomic E-state index is -0.254. The molecule has 0 aliphatic heterocycles. The third-order valence-electron chi connectivity index (χ3n) is 2.39. The van der Waals surface area contributed by atoms with Crippen LogP contribution in [0.15, 0.2) is 62.6 Å². The minimum absolute atomic E-state index is 0.254. The number of halogens is 2. The lowest BCUT2D eigenvalue weighted by molar-refractivity contribution is 0.0954. The van der Waals surface area contributed by atoms with Gasteiger partial charge in [0.2, 0.25) is 0 Å². The molecule has 3 nitrogen and oxygen atoms in total. The molecule has 0 saturated heterocycles. The lowest BCUT2D eigenvalue weighted by Gasteiger charge is -2.02. The summed E-state index contributed by atoms with van der Waals surface area (Å²) in [5.41, 5.74) is 3.94. The van der Waals surface area contributed by atoms with Gasteiger partial charge in [-0.05, 0) is 34.1 Å². The van der Waals surface area contributed by atoms with Crippen LogP contribution in [0.5, 0.6) is 0 Å². The first kappa shape index (κ1) is 14.0. The van der Waals surface area contributed by atoms with Crippen molar-refractivity contribution in [3.63, 3.8) is 0 Å². The van der Waals surface area contributed by atoms with Gasteiger partial charge in [0.25, 0.3) is 5.91 Å². The lowest BCUT2D eigenvalue weighted by atomic mass is 10.2. The molecule has 5 heteroatoms. The van der Waals surface area contributed by atoms with Crippen LogP contribution in [0.1, 0.15) is 15.9 Å². The molecule has 0 heterocycles. The van der Waals surface area contributed by atoms with E-state index in [9.17, 15) is 4.79 Å². The number of hydrogen-bond acceptors (Lipinski definition) is 2. The average Bonchev–Trinajstić information content (AvgIpc) is 2.41. The average molecular weight is 382 g/mol. The number of amides is 1.